The van der Waals surface area contributed by atoms with Gasteiger partial charge in [-0.3, -0.25) is 9.59 Å². The Hall–Kier alpha value is -3.12. The molecule has 1 aromatic rings. The lowest BCUT2D eigenvalue weighted by Gasteiger charge is -2.55. The summed E-state index contributed by atoms with van der Waals surface area (Å²) in [7, 11) is 0. The highest BCUT2D eigenvalue weighted by Gasteiger charge is 2.51. The van der Waals surface area contributed by atoms with Gasteiger partial charge in [-0.25, -0.2) is 9.80 Å². The summed E-state index contributed by atoms with van der Waals surface area (Å²) >= 11 is 0. The molecule has 1 aromatic carbocycles. The van der Waals surface area contributed by atoms with Crippen LogP contribution in [0.1, 0.15) is 65.4 Å². The van der Waals surface area contributed by atoms with Crippen LogP contribution in [0.2, 0.25) is 0 Å². The third-order valence-corrected chi connectivity index (χ3v) is 7.29. The lowest BCUT2D eigenvalue weighted by molar-refractivity contribution is -0.190. The molecular weight excluding hydrogens is 468 g/mol. The van der Waals surface area contributed by atoms with Crippen LogP contribution >= 0.6 is 0 Å². The number of unbranched alkanes of at least 4 members (excludes halogenated alkanes) is 1. The molecule has 3 atom stereocenters. The minimum absolute atomic E-state index is 0.0355. The molecule has 2 aliphatic rings. The van der Waals surface area contributed by atoms with Crippen LogP contribution in [0.25, 0.3) is 0 Å². The molecule has 1 N–H and O–H groups in total. The molecule has 4 amide bonds. The number of fused-ring (bicyclic) bond motifs is 1. The number of benzene rings is 1. The number of amides is 4. The molecule has 37 heavy (non-hydrogen) atoms. The summed E-state index contributed by atoms with van der Waals surface area (Å²) in [5, 5.41) is 15.4. The van der Waals surface area contributed by atoms with Crippen molar-refractivity contribution in [3.63, 3.8) is 0 Å². The van der Waals surface area contributed by atoms with E-state index >= 15 is 0 Å². The second-order valence-corrected chi connectivity index (χ2v) is 10.6. The Balaban J connectivity index is 1.92. The maximum atomic E-state index is 13.7. The first kappa shape index (κ1) is 28.5. The normalized spacial score (nSPS) is 21.1. The summed E-state index contributed by atoms with van der Waals surface area (Å²) in [4.78, 5) is 44.1. The van der Waals surface area contributed by atoms with Crippen LogP contribution in [0.15, 0.2) is 30.3 Å². The van der Waals surface area contributed by atoms with Crippen LogP contribution in [0.4, 0.5) is 4.79 Å². The molecule has 0 bridgehead atoms. The molecule has 9 heteroatoms. The van der Waals surface area contributed by atoms with E-state index in [9.17, 15) is 19.6 Å². The molecule has 2 aliphatic heterocycles. The monoisotopic (exact) mass is 510 g/mol. The van der Waals surface area contributed by atoms with Gasteiger partial charge >= 0.3 is 6.03 Å². The summed E-state index contributed by atoms with van der Waals surface area (Å²) in [5.41, 5.74) is 0.951. The fourth-order valence-corrected chi connectivity index (χ4v) is 5.34. The zero-order chi connectivity index (χ0) is 26.9. The molecule has 2 saturated heterocycles. The van der Waals surface area contributed by atoms with E-state index in [-0.39, 0.29) is 43.4 Å². The van der Waals surface area contributed by atoms with Gasteiger partial charge in [-0.05, 0) is 30.2 Å². The lowest BCUT2D eigenvalue weighted by atomic mass is 9.94. The van der Waals surface area contributed by atoms with E-state index < -0.39 is 12.2 Å². The van der Waals surface area contributed by atoms with Crippen LogP contribution in [0.5, 0.6) is 0 Å². The van der Waals surface area contributed by atoms with Gasteiger partial charge < -0.3 is 15.1 Å². The van der Waals surface area contributed by atoms with Gasteiger partial charge in [-0.1, -0.05) is 77.3 Å². The van der Waals surface area contributed by atoms with E-state index in [4.69, 9.17) is 0 Å². The third-order valence-electron chi connectivity index (χ3n) is 7.29. The number of urea groups is 1. The van der Waals surface area contributed by atoms with Crippen molar-refractivity contribution in [3.05, 3.63) is 35.9 Å². The number of piperazine rings is 1. The highest BCUT2D eigenvalue weighted by atomic mass is 16.2. The second-order valence-electron chi connectivity index (χ2n) is 10.6. The van der Waals surface area contributed by atoms with Crippen molar-refractivity contribution >= 4 is 17.8 Å². The van der Waals surface area contributed by atoms with Crippen molar-refractivity contribution in [2.75, 3.05) is 26.2 Å². The van der Waals surface area contributed by atoms with E-state index in [1.165, 1.54) is 10.0 Å². The van der Waals surface area contributed by atoms with Crippen molar-refractivity contribution in [2.24, 2.45) is 11.8 Å². The number of carbonyl (C=O) groups excluding carboxylic acids is 3. The number of hydrogen-bond acceptors (Lipinski definition) is 5. The van der Waals surface area contributed by atoms with Crippen LogP contribution in [-0.2, 0) is 16.1 Å². The van der Waals surface area contributed by atoms with Crippen molar-refractivity contribution in [2.45, 2.75) is 78.6 Å². The average molecular weight is 511 g/mol. The highest BCUT2D eigenvalue weighted by Crippen LogP contribution is 2.30. The Labute approximate surface area is 221 Å². The van der Waals surface area contributed by atoms with Crippen LogP contribution in [0.3, 0.4) is 0 Å². The van der Waals surface area contributed by atoms with E-state index in [0.29, 0.717) is 25.4 Å². The first-order chi connectivity index (χ1) is 17.8. The molecule has 0 saturated carbocycles. The minimum atomic E-state index is -0.657. The topological polar surface area (TPSA) is 100.0 Å². The largest absolute Gasteiger partial charge is 0.337 e. The van der Waals surface area contributed by atoms with Crippen LogP contribution < -0.4 is 5.32 Å². The summed E-state index contributed by atoms with van der Waals surface area (Å²) in [5.74, 6) is 0.308. The van der Waals surface area contributed by atoms with Crippen molar-refractivity contribution in [1.29, 1.82) is 5.26 Å². The SMILES string of the molecule is CCCCC(CC)CN1CC2N(C(=O)CN(CC#N)N2C(=O)NCc2ccccc2)[C@@H](CC(C)C)C1=O. The minimum Gasteiger partial charge on any atom is -0.337 e. The number of carbonyl (C=O) groups is 3. The van der Waals surface area contributed by atoms with Crippen LogP contribution in [-0.4, -0.2) is 76.0 Å². The number of nitriles is 1. The Kier molecular flexibility index (Phi) is 10.3. The molecule has 9 nitrogen and oxygen atoms in total. The van der Waals surface area contributed by atoms with Crippen molar-refractivity contribution in [1.82, 2.24) is 25.1 Å². The smallest absolute Gasteiger partial charge is 0.334 e. The Bertz CT molecular complexity index is 962. The summed E-state index contributed by atoms with van der Waals surface area (Å²) in [6.45, 7) is 9.36. The molecule has 0 radical (unpaired) electrons. The number of hydrazine groups is 1. The lowest BCUT2D eigenvalue weighted by Crippen LogP contribution is -2.76. The Morgan fingerprint density at radius 1 is 1.19 bits per heavy atom. The molecule has 0 aromatic heterocycles. The number of nitrogens with one attached hydrogen (secondary N) is 1. The molecule has 0 spiro atoms. The van der Waals surface area contributed by atoms with E-state index in [1.807, 2.05) is 49.1 Å². The van der Waals surface area contributed by atoms with Crippen molar-refractivity contribution < 1.29 is 14.4 Å². The third kappa shape index (κ3) is 7.01. The van der Waals surface area contributed by atoms with Crippen molar-refractivity contribution in [3.8, 4) is 6.07 Å². The zero-order valence-corrected chi connectivity index (χ0v) is 22.7. The quantitative estimate of drug-likeness (QED) is 0.459. The van der Waals surface area contributed by atoms with Crippen LogP contribution in [0, 0.1) is 23.2 Å². The predicted octanol–water partition coefficient (Wildman–Crippen LogP) is 3.58. The van der Waals surface area contributed by atoms with E-state index in [0.717, 1.165) is 31.2 Å². The van der Waals surface area contributed by atoms with E-state index in [2.05, 4.69) is 25.2 Å². The maximum absolute atomic E-state index is 13.7. The van der Waals surface area contributed by atoms with Gasteiger partial charge in [-0.2, -0.15) is 10.3 Å². The molecule has 0 aliphatic carbocycles. The Morgan fingerprint density at radius 3 is 2.54 bits per heavy atom. The van der Waals surface area contributed by atoms with Gasteiger partial charge in [0.1, 0.15) is 18.8 Å². The van der Waals surface area contributed by atoms with Gasteiger partial charge in [0.25, 0.3) is 0 Å². The second kappa shape index (κ2) is 13.4. The molecule has 2 unspecified atom stereocenters. The summed E-state index contributed by atoms with van der Waals surface area (Å²) < 4.78 is 0. The number of nitrogens with zero attached hydrogens (tertiary/aromatic N) is 5. The Morgan fingerprint density at radius 2 is 1.92 bits per heavy atom. The molecule has 3 rings (SSSR count). The van der Waals surface area contributed by atoms with Gasteiger partial charge in [0.05, 0.1) is 19.2 Å². The average Bonchev–Trinajstić information content (AvgIpc) is 2.87. The first-order valence-electron chi connectivity index (χ1n) is 13.6. The molecular formula is C28H42N6O3. The summed E-state index contributed by atoms with van der Waals surface area (Å²) in [6, 6.07) is 10.7. The molecule has 2 heterocycles. The zero-order valence-electron chi connectivity index (χ0n) is 22.7. The van der Waals surface area contributed by atoms with E-state index in [1.54, 1.807) is 4.90 Å². The summed E-state index contributed by atoms with van der Waals surface area (Å²) in [6.07, 6.45) is 4.09. The van der Waals surface area contributed by atoms with Gasteiger partial charge in [-0.15, -0.1) is 0 Å². The fourth-order valence-electron chi connectivity index (χ4n) is 5.34. The highest BCUT2D eigenvalue weighted by molar-refractivity contribution is 5.91. The first-order valence-corrected chi connectivity index (χ1v) is 13.6. The molecule has 2 fully saturated rings. The fraction of sp³-hybridized carbons (Fsp3) is 0.643. The van der Waals surface area contributed by atoms with Gasteiger partial charge in [0.15, 0.2) is 0 Å². The predicted molar refractivity (Wildman–Crippen MR) is 141 cm³/mol. The molecule has 202 valence electrons. The van der Waals surface area contributed by atoms with Gasteiger partial charge in [0, 0.05) is 13.1 Å². The number of hydrogen-bond donors (Lipinski definition) is 1. The number of rotatable bonds is 11. The maximum Gasteiger partial charge on any atom is 0.334 e. The van der Waals surface area contributed by atoms with Gasteiger partial charge in [0.2, 0.25) is 11.8 Å². The standard InChI is InChI=1S/C28H42N6O3/c1-5-7-11-22(6-2)18-31-19-25-33(24(27(31)36)16-21(3)4)26(35)20-32(15-14-29)34(25)28(37)30-17-23-12-9-8-10-13-23/h8-10,12-13,21-22,24-25H,5-7,11,15-20H2,1-4H3,(H,30,37)/t22?,24-,25?/m0/s1.